The number of amides is 1. The van der Waals surface area contributed by atoms with Crippen molar-refractivity contribution in [1.82, 2.24) is 9.78 Å². The van der Waals surface area contributed by atoms with E-state index in [0.29, 0.717) is 11.4 Å². The summed E-state index contributed by atoms with van der Waals surface area (Å²) < 4.78 is 1.53. The highest BCUT2D eigenvalue weighted by Crippen LogP contribution is 2.26. The standard InChI is InChI=1S/C15H20N4O/c1-4-10-5-7-11(8-6-10)19-14(15(17)20)12(16)13(18-19)9(2)3/h5-9H,4,16H2,1-3H3,(H2,17,20). The summed E-state index contributed by atoms with van der Waals surface area (Å²) >= 11 is 0. The van der Waals surface area contributed by atoms with E-state index in [4.69, 9.17) is 11.5 Å². The Morgan fingerprint density at radius 2 is 1.90 bits per heavy atom. The number of benzene rings is 1. The molecule has 1 amide bonds. The van der Waals surface area contributed by atoms with Gasteiger partial charge in [-0.1, -0.05) is 32.9 Å². The average molecular weight is 272 g/mol. The predicted octanol–water partition coefficient (Wildman–Crippen LogP) is 2.24. The molecule has 0 saturated carbocycles. The summed E-state index contributed by atoms with van der Waals surface area (Å²) in [5.41, 5.74) is 14.8. The fraction of sp³-hybridized carbons (Fsp3) is 0.333. The fourth-order valence-corrected chi connectivity index (χ4v) is 2.17. The van der Waals surface area contributed by atoms with E-state index in [2.05, 4.69) is 12.0 Å². The highest BCUT2D eigenvalue weighted by Gasteiger charge is 2.22. The van der Waals surface area contributed by atoms with Gasteiger partial charge in [-0.3, -0.25) is 4.79 Å². The Morgan fingerprint density at radius 1 is 1.30 bits per heavy atom. The molecule has 2 rings (SSSR count). The lowest BCUT2D eigenvalue weighted by Crippen LogP contribution is -2.18. The molecule has 0 saturated heterocycles. The number of primary amides is 1. The van der Waals surface area contributed by atoms with E-state index in [1.807, 2.05) is 38.1 Å². The molecule has 106 valence electrons. The van der Waals surface area contributed by atoms with Crippen molar-refractivity contribution in [2.45, 2.75) is 33.1 Å². The number of nitrogens with two attached hydrogens (primary N) is 2. The Balaban J connectivity index is 2.59. The number of aromatic nitrogens is 2. The lowest BCUT2D eigenvalue weighted by molar-refractivity contribution is 0.0994. The first kappa shape index (κ1) is 14.1. The minimum absolute atomic E-state index is 0.129. The van der Waals surface area contributed by atoms with Gasteiger partial charge in [0.2, 0.25) is 0 Å². The third kappa shape index (κ3) is 2.39. The number of carbonyl (C=O) groups excluding carboxylic acids is 1. The summed E-state index contributed by atoms with van der Waals surface area (Å²) in [5.74, 6) is -0.439. The first-order valence-electron chi connectivity index (χ1n) is 6.73. The van der Waals surface area contributed by atoms with Gasteiger partial charge < -0.3 is 11.5 Å². The van der Waals surface area contributed by atoms with Gasteiger partial charge in [-0.05, 0) is 30.0 Å². The molecule has 5 nitrogen and oxygen atoms in total. The van der Waals surface area contributed by atoms with Gasteiger partial charge in [0.05, 0.1) is 17.1 Å². The lowest BCUT2D eigenvalue weighted by Gasteiger charge is -2.06. The molecule has 0 atom stereocenters. The van der Waals surface area contributed by atoms with Crippen molar-refractivity contribution >= 4 is 11.6 Å². The van der Waals surface area contributed by atoms with Crippen molar-refractivity contribution < 1.29 is 4.79 Å². The Hall–Kier alpha value is -2.30. The monoisotopic (exact) mass is 272 g/mol. The van der Waals surface area contributed by atoms with E-state index in [1.165, 1.54) is 10.2 Å². The van der Waals surface area contributed by atoms with Gasteiger partial charge >= 0.3 is 0 Å². The van der Waals surface area contributed by atoms with E-state index in [-0.39, 0.29) is 11.6 Å². The van der Waals surface area contributed by atoms with Gasteiger partial charge in [-0.2, -0.15) is 5.10 Å². The van der Waals surface area contributed by atoms with Gasteiger partial charge in [0.25, 0.3) is 5.91 Å². The van der Waals surface area contributed by atoms with Crippen LogP contribution in [0.3, 0.4) is 0 Å². The molecular weight excluding hydrogens is 252 g/mol. The summed E-state index contributed by atoms with van der Waals surface area (Å²) in [4.78, 5) is 11.7. The maximum Gasteiger partial charge on any atom is 0.269 e. The molecule has 0 aliphatic heterocycles. The number of nitrogens with zero attached hydrogens (tertiary/aromatic N) is 2. The zero-order valence-corrected chi connectivity index (χ0v) is 12.1. The molecule has 0 bridgehead atoms. The summed E-state index contributed by atoms with van der Waals surface area (Å²) in [6.07, 6.45) is 0.960. The van der Waals surface area contributed by atoms with E-state index >= 15 is 0 Å². The molecule has 5 heteroatoms. The Morgan fingerprint density at radius 3 is 2.35 bits per heavy atom. The van der Waals surface area contributed by atoms with Crippen molar-refractivity contribution in [2.75, 3.05) is 5.73 Å². The van der Waals surface area contributed by atoms with Gasteiger partial charge in [0, 0.05) is 0 Å². The molecule has 0 aliphatic rings. The molecule has 2 aromatic rings. The van der Waals surface area contributed by atoms with Crippen LogP contribution in [0.1, 0.15) is 48.4 Å². The molecular formula is C15H20N4O. The molecule has 0 spiro atoms. The zero-order valence-electron chi connectivity index (χ0n) is 12.1. The van der Waals surface area contributed by atoms with Crippen LogP contribution in [-0.2, 0) is 6.42 Å². The van der Waals surface area contributed by atoms with E-state index in [0.717, 1.165) is 12.1 Å². The van der Waals surface area contributed by atoms with Crippen molar-refractivity contribution in [3.05, 3.63) is 41.2 Å². The van der Waals surface area contributed by atoms with Crippen LogP contribution in [0.2, 0.25) is 0 Å². The smallest absolute Gasteiger partial charge is 0.269 e. The van der Waals surface area contributed by atoms with Crippen molar-refractivity contribution in [1.29, 1.82) is 0 Å². The van der Waals surface area contributed by atoms with Crippen LogP contribution < -0.4 is 11.5 Å². The van der Waals surface area contributed by atoms with E-state index in [9.17, 15) is 4.79 Å². The zero-order chi connectivity index (χ0) is 14.9. The SMILES string of the molecule is CCc1ccc(-n2nc(C(C)C)c(N)c2C(N)=O)cc1. The minimum Gasteiger partial charge on any atom is -0.395 e. The molecule has 1 heterocycles. The summed E-state index contributed by atoms with van der Waals surface area (Å²) in [5, 5.41) is 4.45. The molecule has 0 aliphatic carbocycles. The molecule has 1 aromatic heterocycles. The number of anilines is 1. The van der Waals surface area contributed by atoms with Crippen molar-refractivity contribution in [3.63, 3.8) is 0 Å². The highest BCUT2D eigenvalue weighted by molar-refractivity contribution is 5.97. The van der Waals surface area contributed by atoms with Crippen LogP contribution in [0.4, 0.5) is 5.69 Å². The van der Waals surface area contributed by atoms with Gasteiger partial charge in [0.1, 0.15) is 0 Å². The predicted molar refractivity (Wildman–Crippen MR) is 80.0 cm³/mol. The quantitative estimate of drug-likeness (QED) is 0.894. The van der Waals surface area contributed by atoms with Crippen LogP contribution in [0.15, 0.2) is 24.3 Å². The van der Waals surface area contributed by atoms with Gasteiger partial charge in [-0.15, -0.1) is 0 Å². The second-order valence-electron chi connectivity index (χ2n) is 5.10. The number of nitrogen functional groups attached to an aromatic ring is 1. The first-order chi connectivity index (χ1) is 9.45. The molecule has 0 unspecified atom stereocenters. The molecule has 20 heavy (non-hydrogen) atoms. The van der Waals surface area contributed by atoms with Crippen LogP contribution in [0.25, 0.3) is 5.69 Å². The third-order valence-electron chi connectivity index (χ3n) is 3.32. The second kappa shape index (κ2) is 5.36. The Bertz CT molecular complexity index is 626. The first-order valence-corrected chi connectivity index (χ1v) is 6.73. The number of hydrogen-bond donors (Lipinski definition) is 2. The fourth-order valence-electron chi connectivity index (χ4n) is 2.17. The maximum absolute atomic E-state index is 11.7. The van der Waals surface area contributed by atoms with Gasteiger partial charge in [-0.25, -0.2) is 4.68 Å². The van der Waals surface area contributed by atoms with Crippen molar-refractivity contribution in [2.24, 2.45) is 5.73 Å². The normalized spacial score (nSPS) is 11.0. The van der Waals surface area contributed by atoms with Crippen LogP contribution in [0.5, 0.6) is 0 Å². The van der Waals surface area contributed by atoms with E-state index < -0.39 is 5.91 Å². The number of aryl methyl sites for hydroxylation is 1. The Labute approximate surface area is 118 Å². The summed E-state index contributed by atoms with van der Waals surface area (Å²) in [7, 11) is 0. The summed E-state index contributed by atoms with van der Waals surface area (Å²) in [6, 6.07) is 7.85. The average Bonchev–Trinajstić information content (AvgIpc) is 2.76. The largest absolute Gasteiger partial charge is 0.395 e. The van der Waals surface area contributed by atoms with Crippen molar-refractivity contribution in [3.8, 4) is 5.69 Å². The highest BCUT2D eigenvalue weighted by atomic mass is 16.1. The number of rotatable bonds is 4. The number of hydrogen-bond acceptors (Lipinski definition) is 3. The third-order valence-corrected chi connectivity index (χ3v) is 3.32. The van der Waals surface area contributed by atoms with E-state index in [1.54, 1.807) is 0 Å². The maximum atomic E-state index is 11.7. The molecule has 0 fully saturated rings. The van der Waals surface area contributed by atoms with Gasteiger partial charge in [0.15, 0.2) is 5.69 Å². The molecule has 4 N–H and O–H groups in total. The Kier molecular flexibility index (Phi) is 3.79. The van der Waals surface area contributed by atoms with Crippen LogP contribution in [0, 0.1) is 0 Å². The van der Waals surface area contributed by atoms with Crippen LogP contribution in [-0.4, -0.2) is 15.7 Å². The summed E-state index contributed by atoms with van der Waals surface area (Å²) in [6.45, 7) is 6.05. The molecule has 0 radical (unpaired) electrons. The second-order valence-corrected chi connectivity index (χ2v) is 5.10. The minimum atomic E-state index is -0.568. The number of carbonyl (C=O) groups is 1. The lowest BCUT2D eigenvalue weighted by atomic mass is 10.1. The van der Waals surface area contributed by atoms with Crippen LogP contribution >= 0.6 is 0 Å². The topological polar surface area (TPSA) is 86.9 Å². The molecule has 1 aromatic carbocycles.